The van der Waals surface area contributed by atoms with Gasteiger partial charge in [-0.2, -0.15) is 5.10 Å². The van der Waals surface area contributed by atoms with Gasteiger partial charge in [0.05, 0.1) is 12.5 Å². The Balaban J connectivity index is 1.80. The fourth-order valence-electron chi connectivity index (χ4n) is 1.38. The van der Waals surface area contributed by atoms with Crippen LogP contribution in [0.15, 0.2) is 27.9 Å². The molecule has 0 radical (unpaired) electrons. The summed E-state index contributed by atoms with van der Waals surface area (Å²) in [4.78, 5) is 11.4. The van der Waals surface area contributed by atoms with Crippen LogP contribution in [0.5, 0.6) is 0 Å². The summed E-state index contributed by atoms with van der Waals surface area (Å²) in [6.45, 7) is 0.653. The number of nitrogens with zero attached hydrogens (tertiary/aromatic N) is 1. The molecule has 0 aliphatic carbocycles. The molecule has 5 nitrogen and oxygen atoms in total. The van der Waals surface area contributed by atoms with Crippen molar-refractivity contribution < 1.29 is 13.9 Å². The zero-order valence-electron chi connectivity index (χ0n) is 8.18. The van der Waals surface area contributed by atoms with E-state index in [0.29, 0.717) is 12.4 Å². The van der Waals surface area contributed by atoms with Gasteiger partial charge in [0.1, 0.15) is 11.9 Å². The molecule has 1 aromatic heterocycles. The molecule has 0 saturated carbocycles. The minimum atomic E-state index is -0.348. The van der Waals surface area contributed by atoms with Gasteiger partial charge in [-0.3, -0.25) is 4.79 Å². The van der Waals surface area contributed by atoms with E-state index in [-0.39, 0.29) is 12.0 Å². The monoisotopic (exact) mass is 208 g/mol. The van der Waals surface area contributed by atoms with E-state index in [9.17, 15) is 4.79 Å². The molecule has 1 aromatic rings. The second-order valence-corrected chi connectivity index (χ2v) is 3.25. The molecule has 0 bridgehead atoms. The topological polar surface area (TPSA) is 63.8 Å². The predicted octanol–water partition coefficient (Wildman–Crippen LogP) is 0.909. The van der Waals surface area contributed by atoms with Crippen LogP contribution in [0.3, 0.4) is 0 Å². The largest absolute Gasteiger partial charge is 0.463 e. The van der Waals surface area contributed by atoms with Crippen molar-refractivity contribution in [2.75, 3.05) is 6.61 Å². The van der Waals surface area contributed by atoms with Crippen LogP contribution in [0.25, 0.3) is 0 Å². The Bertz CT molecular complexity index is 340. The Kier molecular flexibility index (Phi) is 3.14. The molecule has 2 rings (SSSR count). The van der Waals surface area contributed by atoms with Crippen molar-refractivity contribution in [1.29, 1.82) is 0 Å². The summed E-state index contributed by atoms with van der Waals surface area (Å²) < 4.78 is 10.2. The Morgan fingerprint density at radius 3 is 3.27 bits per heavy atom. The SMILES string of the molecule is O=C(N/N=C/c1ccco1)[C@H]1CCCO1. The lowest BCUT2D eigenvalue weighted by molar-refractivity contribution is -0.130. The number of hydrogen-bond acceptors (Lipinski definition) is 4. The molecular weight excluding hydrogens is 196 g/mol. The smallest absolute Gasteiger partial charge is 0.269 e. The van der Waals surface area contributed by atoms with Crippen molar-refractivity contribution in [3.8, 4) is 0 Å². The molecule has 0 spiro atoms. The van der Waals surface area contributed by atoms with Crippen molar-refractivity contribution in [2.24, 2.45) is 5.10 Å². The summed E-state index contributed by atoms with van der Waals surface area (Å²) >= 11 is 0. The van der Waals surface area contributed by atoms with E-state index < -0.39 is 0 Å². The van der Waals surface area contributed by atoms with Gasteiger partial charge in [0.2, 0.25) is 0 Å². The zero-order valence-corrected chi connectivity index (χ0v) is 8.18. The molecule has 1 aliphatic heterocycles. The number of nitrogens with one attached hydrogen (secondary N) is 1. The molecule has 15 heavy (non-hydrogen) atoms. The van der Waals surface area contributed by atoms with Gasteiger partial charge in [-0.25, -0.2) is 5.43 Å². The maximum absolute atomic E-state index is 11.4. The lowest BCUT2D eigenvalue weighted by Gasteiger charge is -2.05. The number of carbonyl (C=O) groups excluding carboxylic acids is 1. The fraction of sp³-hybridized carbons (Fsp3) is 0.400. The third kappa shape index (κ3) is 2.66. The van der Waals surface area contributed by atoms with E-state index in [1.807, 2.05) is 0 Å². The molecule has 1 amide bonds. The summed E-state index contributed by atoms with van der Waals surface area (Å²) in [7, 11) is 0. The van der Waals surface area contributed by atoms with E-state index >= 15 is 0 Å². The summed E-state index contributed by atoms with van der Waals surface area (Å²) in [5, 5.41) is 3.76. The highest BCUT2D eigenvalue weighted by Gasteiger charge is 2.22. The zero-order chi connectivity index (χ0) is 10.5. The number of rotatable bonds is 3. The summed E-state index contributed by atoms with van der Waals surface area (Å²) in [5.41, 5.74) is 2.41. The van der Waals surface area contributed by atoms with Crippen molar-refractivity contribution in [2.45, 2.75) is 18.9 Å². The summed E-state index contributed by atoms with van der Waals surface area (Å²) in [6.07, 6.45) is 4.34. The molecule has 0 aromatic carbocycles. The lowest BCUT2D eigenvalue weighted by atomic mass is 10.2. The molecule has 80 valence electrons. The molecule has 0 unspecified atom stereocenters. The first-order chi connectivity index (χ1) is 7.36. The summed E-state index contributed by atoms with van der Waals surface area (Å²) in [6, 6.07) is 3.50. The van der Waals surface area contributed by atoms with Crippen LogP contribution >= 0.6 is 0 Å². The molecule has 5 heteroatoms. The van der Waals surface area contributed by atoms with Crippen molar-refractivity contribution in [3.05, 3.63) is 24.2 Å². The minimum Gasteiger partial charge on any atom is -0.463 e. The average Bonchev–Trinajstić information content (AvgIpc) is 2.90. The van der Waals surface area contributed by atoms with Crippen LogP contribution in [-0.2, 0) is 9.53 Å². The van der Waals surface area contributed by atoms with Gasteiger partial charge in [0.25, 0.3) is 5.91 Å². The maximum Gasteiger partial charge on any atom is 0.269 e. The van der Waals surface area contributed by atoms with Crippen molar-refractivity contribution in [1.82, 2.24) is 5.43 Å². The molecule has 2 heterocycles. The molecule has 1 N–H and O–H groups in total. The van der Waals surface area contributed by atoms with Crippen molar-refractivity contribution >= 4 is 12.1 Å². The van der Waals surface area contributed by atoms with E-state index in [4.69, 9.17) is 9.15 Å². The number of furan rings is 1. The first kappa shape index (κ1) is 9.92. The second kappa shape index (κ2) is 4.75. The van der Waals surface area contributed by atoms with E-state index in [1.165, 1.54) is 6.21 Å². The Hall–Kier alpha value is -1.62. The number of carbonyl (C=O) groups is 1. The third-order valence-electron chi connectivity index (χ3n) is 2.13. The second-order valence-electron chi connectivity index (χ2n) is 3.25. The van der Waals surface area contributed by atoms with E-state index in [2.05, 4.69) is 10.5 Å². The van der Waals surface area contributed by atoms with Gasteiger partial charge in [0, 0.05) is 6.61 Å². The van der Waals surface area contributed by atoms with Gasteiger partial charge in [-0.1, -0.05) is 0 Å². The third-order valence-corrected chi connectivity index (χ3v) is 2.13. The highest BCUT2D eigenvalue weighted by Crippen LogP contribution is 2.11. The average molecular weight is 208 g/mol. The van der Waals surface area contributed by atoms with Crippen LogP contribution in [0.2, 0.25) is 0 Å². The van der Waals surface area contributed by atoms with Crippen LogP contribution in [0, 0.1) is 0 Å². The molecule has 1 aliphatic rings. The Morgan fingerprint density at radius 2 is 2.60 bits per heavy atom. The number of hydrogen-bond donors (Lipinski definition) is 1. The van der Waals surface area contributed by atoms with Gasteiger partial charge in [0.15, 0.2) is 0 Å². The Morgan fingerprint density at radius 1 is 1.67 bits per heavy atom. The van der Waals surface area contributed by atoms with Crippen molar-refractivity contribution in [3.63, 3.8) is 0 Å². The van der Waals surface area contributed by atoms with E-state index in [1.54, 1.807) is 18.4 Å². The number of ether oxygens (including phenoxy) is 1. The molecular formula is C10H12N2O3. The standard InChI is InChI=1S/C10H12N2O3/c13-10(9-4-2-6-15-9)12-11-7-8-3-1-5-14-8/h1,3,5,7,9H,2,4,6H2,(H,12,13)/b11-7+/t9-/m1/s1. The highest BCUT2D eigenvalue weighted by atomic mass is 16.5. The molecule has 1 saturated heterocycles. The predicted molar refractivity (Wildman–Crippen MR) is 53.4 cm³/mol. The van der Waals surface area contributed by atoms with Gasteiger partial charge in [-0.05, 0) is 25.0 Å². The lowest BCUT2D eigenvalue weighted by Crippen LogP contribution is -2.30. The first-order valence-corrected chi connectivity index (χ1v) is 4.84. The van der Waals surface area contributed by atoms with E-state index in [0.717, 1.165) is 12.8 Å². The quantitative estimate of drug-likeness (QED) is 0.593. The Labute approximate surface area is 87.1 Å². The summed E-state index contributed by atoms with van der Waals surface area (Å²) in [5.74, 6) is 0.401. The van der Waals surface area contributed by atoms with Crippen LogP contribution < -0.4 is 5.43 Å². The fourth-order valence-corrected chi connectivity index (χ4v) is 1.38. The normalized spacial score (nSPS) is 20.9. The van der Waals surface area contributed by atoms with Crippen LogP contribution in [0.4, 0.5) is 0 Å². The number of hydrazone groups is 1. The highest BCUT2D eigenvalue weighted by molar-refractivity contribution is 5.83. The van der Waals surface area contributed by atoms with Crippen LogP contribution in [0.1, 0.15) is 18.6 Å². The van der Waals surface area contributed by atoms with Gasteiger partial charge < -0.3 is 9.15 Å². The minimum absolute atomic E-state index is 0.199. The molecule has 1 atom stereocenters. The van der Waals surface area contributed by atoms with Crippen LogP contribution in [-0.4, -0.2) is 24.8 Å². The van der Waals surface area contributed by atoms with Gasteiger partial charge >= 0.3 is 0 Å². The first-order valence-electron chi connectivity index (χ1n) is 4.84. The number of amides is 1. The maximum atomic E-state index is 11.4. The van der Waals surface area contributed by atoms with Gasteiger partial charge in [-0.15, -0.1) is 0 Å². The molecule has 1 fully saturated rings.